The first-order valence-electron chi connectivity index (χ1n) is 5.37. The highest BCUT2D eigenvalue weighted by Crippen LogP contribution is 2.28. The van der Waals surface area contributed by atoms with Gasteiger partial charge in [0, 0.05) is 11.1 Å². The van der Waals surface area contributed by atoms with Gasteiger partial charge in [-0.15, -0.1) is 0 Å². The minimum absolute atomic E-state index is 0.103. The van der Waals surface area contributed by atoms with Crippen molar-refractivity contribution in [2.75, 3.05) is 7.11 Å². The van der Waals surface area contributed by atoms with E-state index in [4.69, 9.17) is 27.9 Å². The van der Waals surface area contributed by atoms with Crippen LogP contribution >= 0.6 is 23.2 Å². The zero-order chi connectivity index (χ0) is 14.0. The van der Waals surface area contributed by atoms with Crippen molar-refractivity contribution in [3.05, 3.63) is 63.4 Å². The molecule has 0 N–H and O–H groups in total. The van der Waals surface area contributed by atoms with Crippen LogP contribution in [-0.4, -0.2) is 12.9 Å². The van der Waals surface area contributed by atoms with Gasteiger partial charge in [-0.05, 0) is 30.3 Å². The van der Waals surface area contributed by atoms with E-state index in [9.17, 15) is 9.18 Å². The van der Waals surface area contributed by atoms with E-state index in [1.165, 1.54) is 37.4 Å². The van der Waals surface area contributed by atoms with Gasteiger partial charge in [0.05, 0.1) is 17.2 Å². The molecule has 0 aliphatic carbocycles. The van der Waals surface area contributed by atoms with Gasteiger partial charge in [0.25, 0.3) is 0 Å². The summed E-state index contributed by atoms with van der Waals surface area (Å²) in [5.74, 6) is -0.645. The number of carbonyl (C=O) groups excluding carboxylic acids is 1. The molecule has 0 radical (unpaired) electrons. The third-order valence-electron chi connectivity index (χ3n) is 2.61. The monoisotopic (exact) mass is 298 g/mol. The SMILES string of the molecule is COc1cc(C(=O)c2cccc(F)c2Cl)ccc1Cl. The Bertz CT molecular complexity index is 641. The van der Waals surface area contributed by atoms with E-state index in [-0.39, 0.29) is 16.4 Å². The number of rotatable bonds is 3. The van der Waals surface area contributed by atoms with Gasteiger partial charge in [0.2, 0.25) is 0 Å². The van der Waals surface area contributed by atoms with E-state index >= 15 is 0 Å². The van der Waals surface area contributed by atoms with Crippen molar-refractivity contribution in [1.82, 2.24) is 0 Å². The summed E-state index contributed by atoms with van der Waals surface area (Å²) >= 11 is 11.7. The summed E-state index contributed by atoms with van der Waals surface area (Å²) in [6, 6.07) is 8.67. The second-order valence-corrected chi connectivity index (χ2v) is 4.56. The van der Waals surface area contributed by atoms with Crippen LogP contribution in [0.15, 0.2) is 36.4 Å². The Hall–Kier alpha value is -1.58. The number of ether oxygens (including phenoxy) is 1. The normalized spacial score (nSPS) is 10.3. The van der Waals surface area contributed by atoms with E-state index in [1.807, 2.05) is 0 Å². The quantitative estimate of drug-likeness (QED) is 0.787. The maximum absolute atomic E-state index is 13.3. The molecule has 0 saturated heterocycles. The van der Waals surface area contributed by atoms with Crippen LogP contribution < -0.4 is 4.74 Å². The molecule has 19 heavy (non-hydrogen) atoms. The highest BCUT2D eigenvalue weighted by Gasteiger charge is 2.16. The second kappa shape index (κ2) is 5.59. The van der Waals surface area contributed by atoms with E-state index in [0.717, 1.165) is 0 Å². The van der Waals surface area contributed by atoms with Crippen LogP contribution in [0.5, 0.6) is 5.75 Å². The Kier molecular flexibility index (Phi) is 4.08. The standard InChI is InChI=1S/C14H9Cl2FO2/c1-19-12-7-8(5-6-10(12)15)14(18)9-3-2-4-11(17)13(9)16/h2-7H,1H3. The molecule has 5 heteroatoms. The molecular formula is C14H9Cl2FO2. The third kappa shape index (κ3) is 2.72. The van der Waals surface area contributed by atoms with Gasteiger partial charge in [0.1, 0.15) is 11.6 Å². The number of halogens is 3. The topological polar surface area (TPSA) is 26.3 Å². The van der Waals surface area contributed by atoms with Crippen LogP contribution in [0.25, 0.3) is 0 Å². The summed E-state index contributed by atoms with van der Waals surface area (Å²) in [7, 11) is 1.45. The molecule has 0 fully saturated rings. The van der Waals surface area contributed by atoms with Crippen molar-refractivity contribution >= 4 is 29.0 Å². The van der Waals surface area contributed by atoms with E-state index < -0.39 is 5.82 Å². The molecule has 0 aliphatic rings. The lowest BCUT2D eigenvalue weighted by atomic mass is 10.0. The molecule has 0 bridgehead atoms. The van der Waals surface area contributed by atoms with Gasteiger partial charge >= 0.3 is 0 Å². The first-order chi connectivity index (χ1) is 9.04. The highest BCUT2D eigenvalue weighted by molar-refractivity contribution is 6.35. The molecule has 2 rings (SSSR count). The molecule has 0 amide bonds. The summed E-state index contributed by atoms with van der Waals surface area (Å²) in [6.07, 6.45) is 0. The van der Waals surface area contributed by atoms with Crippen molar-refractivity contribution in [3.63, 3.8) is 0 Å². The van der Waals surface area contributed by atoms with E-state index in [0.29, 0.717) is 16.3 Å². The summed E-state index contributed by atoms with van der Waals surface area (Å²) in [5, 5.41) is 0.200. The van der Waals surface area contributed by atoms with Crippen molar-refractivity contribution in [1.29, 1.82) is 0 Å². The van der Waals surface area contributed by atoms with Crippen LogP contribution in [0.2, 0.25) is 10.0 Å². The van der Waals surface area contributed by atoms with Crippen LogP contribution in [-0.2, 0) is 0 Å². The fourth-order valence-electron chi connectivity index (χ4n) is 1.64. The average Bonchev–Trinajstić information content (AvgIpc) is 2.41. The van der Waals surface area contributed by atoms with Crippen molar-refractivity contribution < 1.29 is 13.9 Å². The molecular weight excluding hydrogens is 290 g/mol. The molecule has 0 saturated carbocycles. The van der Waals surface area contributed by atoms with Crippen molar-refractivity contribution in [3.8, 4) is 5.75 Å². The highest BCUT2D eigenvalue weighted by atomic mass is 35.5. The summed E-state index contributed by atoms with van der Waals surface area (Å²) in [5.41, 5.74) is 0.430. The maximum Gasteiger partial charge on any atom is 0.194 e. The largest absolute Gasteiger partial charge is 0.495 e. The Morgan fingerprint density at radius 3 is 2.63 bits per heavy atom. The third-order valence-corrected chi connectivity index (χ3v) is 3.31. The molecule has 2 nitrogen and oxygen atoms in total. The van der Waals surface area contributed by atoms with E-state index in [1.54, 1.807) is 6.07 Å². The molecule has 0 aromatic heterocycles. The number of methoxy groups -OCH3 is 1. The fraction of sp³-hybridized carbons (Fsp3) is 0.0714. The number of hydrogen-bond acceptors (Lipinski definition) is 2. The zero-order valence-corrected chi connectivity index (χ0v) is 11.4. The van der Waals surface area contributed by atoms with Crippen LogP contribution in [0.1, 0.15) is 15.9 Å². The van der Waals surface area contributed by atoms with Crippen molar-refractivity contribution in [2.45, 2.75) is 0 Å². The number of hydrogen-bond donors (Lipinski definition) is 0. The van der Waals surface area contributed by atoms with Gasteiger partial charge in [-0.3, -0.25) is 4.79 Å². The first-order valence-corrected chi connectivity index (χ1v) is 6.12. The molecule has 2 aromatic rings. The predicted octanol–water partition coefficient (Wildman–Crippen LogP) is 4.37. The Morgan fingerprint density at radius 1 is 1.21 bits per heavy atom. The Balaban J connectivity index is 2.47. The van der Waals surface area contributed by atoms with Gasteiger partial charge < -0.3 is 4.74 Å². The molecule has 0 aliphatic heterocycles. The second-order valence-electron chi connectivity index (χ2n) is 3.78. The lowest BCUT2D eigenvalue weighted by molar-refractivity contribution is 0.103. The molecule has 0 unspecified atom stereocenters. The lowest BCUT2D eigenvalue weighted by Gasteiger charge is -2.07. The number of carbonyl (C=O) groups is 1. The Labute approximate surface area is 119 Å². The molecule has 0 atom stereocenters. The summed E-state index contributed by atoms with van der Waals surface area (Å²) < 4.78 is 18.4. The van der Waals surface area contributed by atoms with Crippen LogP contribution in [0.4, 0.5) is 4.39 Å². The summed E-state index contributed by atoms with van der Waals surface area (Å²) in [6.45, 7) is 0. The molecule has 0 heterocycles. The fourth-order valence-corrected chi connectivity index (χ4v) is 2.04. The van der Waals surface area contributed by atoms with Crippen LogP contribution in [0.3, 0.4) is 0 Å². The molecule has 2 aromatic carbocycles. The summed E-state index contributed by atoms with van der Waals surface area (Å²) in [4.78, 5) is 12.2. The first kappa shape index (κ1) is 13.8. The number of ketones is 1. The van der Waals surface area contributed by atoms with Gasteiger partial charge in [-0.2, -0.15) is 0 Å². The molecule has 98 valence electrons. The minimum atomic E-state index is -0.631. The molecule has 0 spiro atoms. The van der Waals surface area contributed by atoms with Gasteiger partial charge in [-0.25, -0.2) is 4.39 Å². The van der Waals surface area contributed by atoms with E-state index in [2.05, 4.69) is 0 Å². The van der Waals surface area contributed by atoms with Crippen LogP contribution in [0, 0.1) is 5.82 Å². The predicted molar refractivity (Wildman–Crippen MR) is 72.8 cm³/mol. The zero-order valence-electron chi connectivity index (χ0n) is 9.91. The van der Waals surface area contributed by atoms with Crippen molar-refractivity contribution in [2.24, 2.45) is 0 Å². The number of benzene rings is 2. The lowest BCUT2D eigenvalue weighted by Crippen LogP contribution is -2.03. The average molecular weight is 299 g/mol. The van der Waals surface area contributed by atoms with Gasteiger partial charge in [-0.1, -0.05) is 29.3 Å². The smallest absolute Gasteiger partial charge is 0.194 e. The Morgan fingerprint density at radius 2 is 1.95 bits per heavy atom. The minimum Gasteiger partial charge on any atom is -0.495 e. The maximum atomic E-state index is 13.3. The van der Waals surface area contributed by atoms with Gasteiger partial charge in [0.15, 0.2) is 5.78 Å².